The molecule has 0 bridgehead atoms. The zero-order valence-corrected chi connectivity index (χ0v) is 17.3. The summed E-state index contributed by atoms with van der Waals surface area (Å²) >= 11 is 5.39. The number of hydrogen-bond donors (Lipinski definition) is 0. The van der Waals surface area contributed by atoms with Gasteiger partial charge in [-0.1, -0.05) is 0 Å². The Kier molecular flexibility index (Phi) is 15.6. The van der Waals surface area contributed by atoms with Crippen molar-refractivity contribution in [2.45, 2.75) is 26.3 Å². The van der Waals surface area contributed by atoms with Gasteiger partial charge in [-0.3, -0.25) is 14.4 Å². The molecule has 0 spiro atoms. The van der Waals surface area contributed by atoms with Crippen LogP contribution in [0.15, 0.2) is 33.1 Å². The largest absolute Gasteiger partial charge is 1.00 e. The van der Waals surface area contributed by atoms with Crippen LogP contribution in [0.25, 0.3) is 0 Å². The van der Waals surface area contributed by atoms with E-state index >= 15 is 0 Å². The van der Waals surface area contributed by atoms with Gasteiger partial charge in [0.1, 0.15) is 18.1 Å². The van der Waals surface area contributed by atoms with Gasteiger partial charge < -0.3 is 23.5 Å². The molecule has 0 aliphatic heterocycles. The van der Waals surface area contributed by atoms with Crippen LogP contribution in [0, 0.1) is 0 Å². The van der Waals surface area contributed by atoms with Crippen molar-refractivity contribution >= 4 is 36.1 Å². The zero-order chi connectivity index (χ0) is 19.2. The van der Waals surface area contributed by atoms with Crippen LogP contribution in [-0.2, 0) is 26.8 Å². The molecule has 2 aromatic rings. The van der Waals surface area contributed by atoms with E-state index in [0.29, 0.717) is 35.7 Å². The van der Waals surface area contributed by atoms with Crippen molar-refractivity contribution < 1.29 is 67.4 Å². The average Bonchev–Trinajstić information content (AvgIpc) is 3.21. The second kappa shape index (κ2) is 15.4. The van der Waals surface area contributed by atoms with Crippen LogP contribution in [0.5, 0.6) is 0 Å². The molecular formula is C16H16ClNaO8. The number of aldehydes is 2. The minimum Gasteiger partial charge on any atom is -0.550 e. The Hall–Kier alpha value is -1.87. The molecule has 0 unspecified atom stereocenters. The Bertz CT molecular complexity index is 688. The van der Waals surface area contributed by atoms with Gasteiger partial charge in [-0.2, -0.15) is 0 Å². The Morgan fingerprint density at radius 3 is 1.77 bits per heavy atom. The van der Waals surface area contributed by atoms with E-state index in [1.54, 1.807) is 18.2 Å². The summed E-state index contributed by atoms with van der Waals surface area (Å²) in [6, 6.07) is 6.37. The van der Waals surface area contributed by atoms with Gasteiger partial charge in [0.2, 0.25) is 0 Å². The maximum Gasteiger partial charge on any atom is 1.00 e. The van der Waals surface area contributed by atoms with Crippen molar-refractivity contribution in [3.05, 3.63) is 47.3 Å². The average molecular weight is 395 g/mol. The molecule has 10 heteroatoms. The van der Waals surface area contributed by atoms with Crippen molar-refractivity contribution in [3.8, 4) is 0 Å². The molecule has 0 atom stereocenters. The Morgan fingerprint density at radius 2 is 1.46 bits per heavy atom. The number of carboxylic acid groups (broad SMARTS) is 1. The second-order valence-electron chi connectivity index (χ2n) is 4.25. The summed E-state index contributed by atoms with van der Waals surface area (Å²) in [6.45, 7) is 2.35. The standard InChI is InChI=1S/C8H8O4.C6H5ClO2.C2H4O2.Na/c1-6(10)11-5-8-3-2-7(4-9)12-8;7-3-5-1-2-6(4-8)9-5;1-2(3)4;/h2-4H,5H2,1H3;1-2,4H,3H2;1H3,(H,3,4);/q;;;+1/p-1. The molecule has 0 N–H and O–H groups in total. The number of halogens is 1. The fourth-order valence-corrected chi connectivity index (χ4v) is 1.38. The number of esters is 1. The monoisotopic (exact) mass is 394 g/mol. The number of furan rings is 2. The maximum absolute atomic E-state index is 10.4. The first-order valence-electron chi connectivity index (χ1n) is 6.77. The van der Waals surface area contributed by atoms with Crippen LogP contribution in [0.3, 0.4) is 0 Å². The van der Waals surface area contributed by atoms with E-state index in [4.69, 9.17) is 30.3 Å². The predicted octanol–water partition coefficient (Wildman–Crippen LogP) is -1.25. The summed E-state index contributed by atoms with van der Waals surface area (Å²) in [6.07, 6.45) is 1.24. The topological polar surface area (TPSA) is 127 Å². The molecule has 0 saturated carbocycles. The van der Waals surface area contributed by atoms with Gasteiger partial charge in [0.15, 0.2) is 24.1 Å². The third-order valence-corrected chi connectivity index (χ3v) is 2.41. The molecular weight excluding hydrogens is 379 g/mol. The van der Waals surface area contributed by atoms with Crippen LogP contribution in [0.1, 0.15) is 46.5 Å². The Morgan fingerprint density at radius 1 is 1.04 bits per heavy atom. The van der Waals surface area contributed by atoms with Gasteiger partial charge in [0, 0.05) is 12.9 Å². The van der Waals surface area contributed by atoms with Crippen LogP contribution < -0.4 is 34.7 Å². The van der Waals surface area contributed by atoms with E-state index in [1.807, 2.05) is 0 Å². The van der Waals surface area contributed by atoms with Crippen molar-refractivity contribution in [2.75, 3.05) is 0 Å². The number of ether oxygens (including phenoxy) is 1. The van der Waals surface area contributed by atoms with Crippen LogP contribution in [0.4, 0.5) is 0 Å². The van der Waals surface area contributed by atoms with Gasteiger partial charge in [0.25, 0.3) is 0 Å². The number of hydrogen-bond acceptors (Lipinski definition) is 8. The zero-order valence-electron chi connectivity index (χ0n) is 14.5. The minimum absolute atomic E-state index is 0. The van der Waals surface area contributed by atoms with Crippen molar-refractivity contribution in [2.24, 2.45) is 0 Å². The summed E-state index contributed by atoms with van der Waals surface area (Å²) in [5.41, 5.74) is 0. The molecule has 0 aromatic carbocycles. The predicted molar refractivity (Wildman–Crippen MR) is 83.9 cm³/mol. The van der Waals surface area contributed by atoms with Crippen molar-refractivity contribution in [1.29, 1.82) is 0 Å². The van der Waals surface area contributed by atoms with E-state index in [-0.39, 0.29) is 47.9 Å². The Labute approximate surface area is 176 Å². The van der Waals surface area contributed by atoms with Gasteiger partial charge in [-0.15, -0.1) is 11.6 Å². The van der Waals surface area contributed by atoms with E-state index < -0.39 is 5.97 Å². The molecule has 2 aromatic heterocycles. The molecule has 2 heterocycles. The molecule has 0 aliphatic carbocycles. The number of alkyl halides is 1. The number of carboxylic acids is 1. The summed E-state index contributed by atoms with van der Waals surface area (Å²) in [5, 5.41) is 8.89. The molecule has 0 fully saturated rings. The van der Waals surface area contributed by atoms with Crippen LogP contribution in [-0.4, -0.2) is 24.5 Å². The number of carbonyl (C=O) groups is 4. The van der Waals surface area contributed by atoms with Gasteiger partial charge in [-0.25, -0.2) is 0 Å². The normalized spacial score (nSPS) is 8.58. The summed E-state index contributed by atoms with van der Waals surface area (Å²) < 4.78 is 14.5. The van der Waals surface area contributed by atoms with Crippen LogP contribution in [0.2, 0.25) is 0 Å². The van der Waals surface area contributed by atoms with Crippen molar-refractivity contribution in [1.82, 2.24) is 0 Å². The fraction of sp³-hybridized carbons (Fsp3) is 0.250. The smallest absolute Gasteiger partial charge is 0.550 e. The first-order chi connectivity index (χ1) is 11.8. The van der Waals surface area contributed by atoms with Crippen LogP contribution >= 0.6 is 11.6 Å². The first-order valence-corrected chi connectivity index (χ1v) is 7.30. The molecule has 0 amide bonds. The minimum atomic E-state index is -1.08. The van der Waals surface area contributed by atoms with E-state index in [0.717, 1.165) is 6.92 Å². The number of rotatable bonds is 5. The first kappa shape index (κ1) is 26.4. The van der Waals surface area contributed by atoms with E-state index in [9.17, 15) is 14.4 Å². The number of carbonyl (C=O) groups excluding carboxylic acids is 4. The summed E-state index contributed by atoms with van der Waals surface area (Å²) in [4.78, 5) is 39.4. The number of aliphatic carboxylic acids is 1. The van der Waals surface area contributed by atoms with Gasteiger partial charge in [-0.05, 0) is 31.2 Å². The molecule has 136 valence electrons. The SMILES string of the molecule is CC(=O)OCc1ccc(C=O)o1.CC(=O)[O-].O=Cc1ccc(CCl)o1.[Na+]. The molecule has 26 heavy (non-hydrogen) atoms. The van der Waals surface area contributed by atoms with Gasteiger partial charge >= 0.3 is 35.5 Å². The molecule has 2 rings (SSSR count). The Balaban J connectivity index is 0. The maximum atomic E-state index is 10.4. The molecule has 0 saturated heterocycles. The molecule has 0 aliphatic rings. The fourth-order valence-electron chi connectivity index (χ4n) is 1.24. The molecule has 8 nitrogen and oxygen atoms in total. The molecule has 0 radical (unpaired) electrons. The van der Waals surface area contributed by atoms with E-state index in [1.165, 1.54) is 13.0 Å². The summed E-state index contributed by atoms with van der Waals surface area (Å²) in [5.74, 6) is 0.501. The third-order valence-electron chi connectivity index (χ3n) is 2.15. The second-order valence-corrected chi connectivity index (χ2v) is 4.52. The third kappa shape index (κ3) is 13.4. The van der Waals surface area contributed by atoms with Crippen molar-refractivity contribution in [3.63, 3.8) is 0 Å². The quantitative estimate of drug-likeness (QED) is 0.266. The summed E-state index contributed by atoms with van der Waals surface area (Å²) in [7, 11) is 0. The van der Waals surface area contributed by atoms with E-state index in [2.05, 4.69) is 4.74 Å². The van der Waals surface area contributed by atoms with Gasteiger partial charge in [0.05, 0.1) is 5.88 Å².